The van der Waals surface area contributed by atoms with Crippen LogP contribution in [0.2, 0.25) is 0 Å². The highest BCUT2D eigenvalue weighted by Gasteiger charge is 2.47. The van der Waals surface area contributed by atoms with Crippen molar-refractivity contribution in [1.29, 1.82) is 0 Å². The number of aliphatic hydroxyl groups excluding tert-OH is 1. The van der Waals surface area contributed by atoms with Crippen molar-refractivity contribution in [2.45, 2.75) is 6.04 Å². The number of benzene rings is 2. The van der Waals surface area contributed by atoms with E-state index < -0.39 is 23.5 Å². The lowest BCUT2D eigenvalue weighted by Crippen LogP contribution is -2.42. The highest BCUT2D eigenvalue weighted by molar-refractivity contribution is 6.46. The standard InChI is InChI=1S/C25H27FN2O6/c1-32-19-5-3-4-18(24(19)33-2)21-20(22(29)16-6-8-17(26)9-7-16)23(30)25(31)28(21)11-10-27-12-14-34-15-13-27/h3-9,21,29H,10-15H2,1-2H3/b22-20+. The van der Waals surface area contributed by atoms with Gasteiger partial charge in [-0.25, -0.2) is 4.39 Å². The van der Waals surface area contributed by atoms with Gasteiger partial charge in [0.2, 0.25) is 0 Å². The number of carbonyl (C=O) groups is 2. The van der Waals surface area contributed by atoms with Gasteiger partial charge in [-0.3, -0.25) is 14.5 Å². The molecule has 1 N–H and O–H groups in total. The number of ketones is 1. The second-order valence-corrected chi connectivity index (χ2v) is 8.04. The lowest BCUT2D eigenvalue weighted by Gasteiger charge is -2.31. The summed E-state index contributed by atoms with van der Waals surface area (Å²) in [5.41, 5.74) is 0.663. The maximum atomic E-state index is 13.5. The van der Waals surface area contributed by atoms with Gasteiger partial charge in [-0.1, -0.05) is 12.1 Å². The van der Waals surface area contributed by atoms with Crippen LogP contribution in [0.4, 0.5) is 4.39 Å². The van der Waals surface area contributed by atoms with E-state index in [4.69, 9.17) is 14.2 Å². The summed E-state index contributed by atoms with van der Waals surface area (Å²) in [6.45, 7) is 3.47. The smallest absolute Gasteiger partial charge is 0.295 e. The van der Waals surface area contributed by atoms with Crippen LogP contribution in [0.1, 0.15) is 17.2 Å². The van der Waals surface area contributed by atoms with Crippen molar-refractivity contribution >= 4 is 17.4 Å². The summed E-state index contributed by atoms with van der Waals surface area (Å²) < 4.78 is 29.9. The zero-order valence-electron chi connectivity index (χ0n) is 19.1. The maximum absolute atomic E-state index is 13.5. The molecule has 0 spiro atoms. The number of nitrogens with zero attached hydrogens (tertiary/aromatic N) is 2. The fourth-order valence-electron chi connectivity index (χ4n) is 4.40. The monoisotopic (exact) mass is 470 g/mol. The van der Waals surface area contributed by atoms with Crippen LogP contribution in [0, 0.1) is 5.82 Å². The van der Waals surface area contributed by atoms with Gasteiger partial charge in [0.25, 0.3) is 11.7 Å². The van der Waals surface area contributed by atoms with Gasteiger partial charge < -0.3 is 24.2 Å². The Hall–Kier alpha value is -3.43. The zero-order chi connectivity index (χ0) is 24.2. The summed E-state index contributed by atoms with van der Waals surface area (Å²) in [4.78, 5) is 30.0. The Bertz CT molecular complexity index is 1100. The first kappa shape index (κ1) is 23.7. The van der Waals surface area contributed by atoms with Gasteiger partial charge in [0.15, 0.2) is 11.5 Å². The largest absolute Gasteiger partial charge is 0.507 e. The first-order valence-electron chi connectivity index (χ1n) is 11.0. The minimum absolute atomic E-state index is 0.0786. The highest BCUT2D eigenvalue weighted by atomic mass is 19.1. The molecule has 1 unspecified atom stereocenters. The molecule has 0 radical (unpaired) electrons. The molecule has 9 heteroatoms. The van der Waals surface area contributed by atoms with Crippen LogP contribution in [-0.4, -0.2) is 80.2 Å². The molecule has 2 aromatic carbocycles. The molecule has 0 saturated carbocycles. The second kappa shape index (κ2) is 10.2. The van der Waals surface area contributed by atoms with Crippen LogP contribution in [0.3, 0.4) is 0 Å². The van der Waals surface area contributed by atoms with Crippen LogP contribution < -0.4 is 9.47 Å². The molecule has 1 amide bonds. The third-order valence-electron chi connectivity index (χ3n) is 6.15. The molecule has 34 heavy (non-hydrogen) atoms. The van der Waals surface area contributed by atoms with Crippen LogP contribution in [-0.2, 0) is 14.3 Å². The van der Waals surface area contributed by atoms with Gasteiger partial charge in [0.05, 0.1) is 39.0 Å². The Morgan fingerprint density at radius 1 is 1.06 bits per heavy atom. The van der Waals surface area contributed by atoms with E-state index in [1.165, 1.54) is 43.4 Å². The molecule has 1 atom stereocenters. The normalized spacial score (nSPS) is 20.6. The number of aliphatic hydroxyl groups is 1. The fourth-order valence-corrected chi connectivity index (χ4v) is 4.40. The Labute approximate surface area is 197 Å². The molecule has 8 nitrogen and oxygen atoms in total. The lowest BCUT2D eigenvalue weighted by molar-refractivity contribution is -0.140. The van der Waals surface area contributed by atoms with Gasteiger partial charge in [-0.15, -0.1) is 0 Å². The topological polar surface area (TPSA) is 88.5 Å². The van der Waals surface area contributed by atoms with Gasteiger partial charge in [0, 0.05) is 37.3 Å². The predicted octanol–water partition coefficient (Wildman–Crippen LogP) is 2.60. The minimum atomic E-state index is -0.906. The van der Waals surface area contributed by atoms with Gasteiger partial charge in [-0.2, -0.15) is 0 Å². The summed E-state index contributed by atoms with van der Waals surface area (Å²) in [5.74, 6) is -1.58. The summed E-state index contributed by atoms with van der Waals surface area (Å²) >= 11 is 0. The molecule has 0 bridgehead atoms. The summed E-state index contributed by atoms with van der Waals surface area (Å²) in [7, 11) is 2.97. The van der Waals surface area contributed by atoms with Crippen molar-refractivity contribution in [2.24, 2.45) is 0 Å². The molecule has 180 valence electrons. The number of ether oxygens (including phenoxy) is 3. The van der Waals surface area contributed by atoms with E-state index in [-0.39, 0.29) is 23.4 Å². The number of hydrogen-bond acceptors (Lipinski definition) is 7. The first-order valence-corrected chi connectivity index (χ1v) is 11.0. The van der Waals surface area contributed by atoms with Crippen molar-refractivity contribution in [3.8, 4) is 11.5 Å². The number of carbonyl (C=O) groups excluding carboxylic acids is 2. The lowest BCUT2D eigenvalue weighted by atomic mass is 9.94. The molecule has 0 aliphatic carbocycles. The number of Topliss-reactive ketones (excluding diaryl/α,β-unsaturated/α-hetero) is 1. The molecule has 2 aromatic rings. The molecule has 2 aliphatic rings. The van der Waals surface area contributed by atoms with Crippen LogP contribution in [0.15, 0.2) is 48.0 Å². The average Bonchev–Trinajstić information content (AvgIpc) is 3.12. The predicted molar refractivity (Wildman–Crippen MR) is 122 cm³/mol. The molecule has 0 aromatic heterocycles. The average molecular weight is 470 g/mol. The third-order valence-corrected chi connectivity index (χ3v) is 6.15. The molecule has 2 aliphatic heterocycles. The molecule has 2 saturated heterocycles. The quantitative estimate of drug-likeness (QED) is 0.378. The first-order chi connectivity index (χ1) is 16.5. The summed E-state index contributed by atoms with van der Waals surface area (Å²) in [6, 6.07) is 9.37. The maximum Gasteiger partial charge on any atom is 0.295 e. The van der Waals surface area contributed by atoms with Crippen molar-refractivity contribution < 1.29 is 33.3 Å². The molecule has 4 rings (SSSR count). The van der Waals surface area contributed by atoms with E-state index in [2.05, 4.69) is 4.90 Å². The zero-order valence-corrected chi connectivity index (χ0v) is 19.1. The van der Waals surface area contributed by atoms with Gasteiger partial charge in [-0.05, 0) is 30.3 Å². The van der Waals surface area contributed by atoms with E-state index in [0.717, 1.165) is 13.1 Å². The molecular weight excluding hydrogens is 443 g/mol. The Balaban J connectivity index is 1.81. The van der Waals surface area contributed by atoms with Crippen LogP contribution in [0.5, 0.6) is 11.5 Å². The van der Waals surface area contributed by atoms with E-state index in [1.54, 1.807) is 18.2 Å². The Morgan fingerprint density at radius 3 is 2.41 bits per heavy atom. The summed E-state index contributed by atoms with van der Waals surface area (Å²) in [5, 5.41) is 11.1. The van der Waals surface area contributed by atoms with E-state index in [9.17, 15) is 19.1 Å². The summed E-state index contributed by atoms with van der Waals surface area (Å²) in [6.07, 6.45) is 0. The van der Waals surface area contributed by atoms with Crippen LogP contribution >= 0.6 is 0 Å². The van der Waals surface area contributed by atoms with Crippen LogP contribution in [0.25, 0.3) is 5.76 Å². The number of halogens is 1. The number of amides is 1. The van der Waals surface area contributed by atoms with Crippen molar-refractivity contribution in [2.75, 3.05) is 53.6 Å². The number of methoxy groups -OCH3 is 2. The Kier molecular flexibility index (Phi) is 7.14. The van der Waals surface area contributed by atoms with Crippen molar-refractivity contribution in [3.63, 3.8) is 0 Å². The van der Waals surface area contributed by atoms with E-state index in [1.807, 2.05) is 0 Å². The number of likely N-dealkylation sites (tertiary alicyclic amines) is 1. The molecule has 2 fully saturated rings. The molecule has 2 heterocycles. The van der Waals surface area contributed by atoms with E-state index >= 15 is 0 Å². The number of rotatable bonds is 7. The SMILES string of the molecule is COc1cccc(C2/C(=C(\O)c3ccc(F)cc3)C(=O)C(=O)N2CCN2CCOCC2)c1OC. The Morgan fingerprint density at radius 2 is 1.76 bits per heavy atom. The van der Waals surface area contributed by atoms with Gasteiger partial charge in [0.1, 0.15) is 11.6 Å². The molecular formula is C25H27FN2O6. The fraction of sp³-hybridized carbons (Fsp3) is 0.360. The van der Waals surface area contributed by atoms with E-state index in [0.29, 0.717) is 36.8 Å². The number of para-hydroxylation sites is 1. The second-order valence-electron chi connectivity index (χ2n) is 8.04. The minimum Gasteiger partial charge on any atom is -0.507 e. The number of hydrogen-bond donors (Lipinski definition) is 1. The number of morpholine rings is 1. The van der Waals surface area contributed by atoms with Crippen molar-refractivity contribution in [3.05, 3.63) is 65.0 Å². The van der Waals surface area contributed by atoms with Crippen molar-refractivity contribution in [1.82, 2.24) is 9.80 Å². The highest BCUT2D eigenvalue weighted by Crippen LogP contribution is 2.45. The van der Waals surface area contributed by atoms with Gasteiger partial charge >= 0.3 is 0 Å². The third kappa shape index (κ3) is 4.49.